The van der Waals surface area contributed by atoms with E-state index in [2.05, 4.69) is 5.32 Å². The molecule has 0 aliphatic carbocycles. The number of halogens is 5. The third-order valence-corrected chi connectivity index (χ3v) is 3.30. The monoisotopic (exact) mass is 299 g/mol. The molecular formula is C12H14ClF4NO. The van der Waals surface area contributed by atoms with Gasteiger partial charge in [-0.3, -0.25) is 0 Å². The van der Waals surface area contributed by atoms with E-state index in [1.165, 1.54) is 6.07 Å². The third-order valence-electron chi connectivity index (χ3n) is 3.30. The Morgan fingerprint density at radius 3 is 2.47 bits per heavy atom. The first kappa shape index (κ1) is 16.2. The number of nitrogens with one attached hydrogen (secondary N) is 1. The minimum absolute atomic E-state index is 0. The van der Waals surface area contributed by atoms with E-state index in [4.69, 9.17) is 5.11 Å². The number of alkyl halides is 3. The van der Waals surface area contributed by atoms with Gasteiger partial charge in [0.05, 0.1) is 5.56 Å². The van der Waals surface area contributed by atoms with Crippen molar-refractivity contribution in [3.63, 3.8) is 0 Å². The summed E-state index contributed by atoms with van der Waals surface area (Å²) in [4.78, 5) is 0. The molecule has 0 unspecified atom stereocenters. The molecule has 0 amide bonds. The molecule has 2 rings (SSSR count). The summed E-state index contributed by atoms with van der Waals surface area (Å²) in [5.41, 5.74) is -0.762. The van der Waals surface area contributed by atoms with Crippen molar-refractivity contribution in [2.45, 2.75) is 12.1 Å². The number of benzene rings is 1. The van der Waals surface area contributed by atoms with Crippen LogP contribution in [0.4, 0.5) is 17.6 Å². The molecule has 2 N–H and O–H groups in total. The molecule has 1 aliphatic rings. The topological polar surface area (TPSA) is 32.3 Å². The number of rotatable bonds is 2. The van der Waals surface area contributed by atoms with Crippen molar-refractivity contribution in [3.8, 4) is 0 Å². The van der Waals surface area contributed by atoms with Gasteiger partial charge in [-0.05, 0) is 17.7 Å². The quantitative estimate of drug-likeness (QED) is 0.823. The van der Waals surface area contributed by atoms with Gasteiger partial charge in [-0.1, -0.05) is 6.07 Å². The Labute approximate surface area is 114 Å². The number of aliphatic hydroxyl groups is 1. The zero-order valence-electron chi connectivity index (χ0n) is 9.88. The van der Waals surface area contributed by atoms with Gasteiger partial charge in [0.25, 0.3) is 0 Å². The number of hydrogen-bond acceptors (Lipinski definition) is 2. The molecule has 1 aliphatic heterocycles. The highest BCUT2D eigenvalue weighted by atomic mass is 35.5. The third kappa shape index (κ3) is 3.38. The molecule has 2 atom stereocenters. The van der Waals surface area contributed by atoms with Crippen molar-refractivity contribution in [1.29, 1.82) is 0 Å². The maximum Gasteiger partial charge on any atom is 0.416 e. The smallest absolute Gasteiger partial charge is 0.396 e. The molecule has 1 heterocycles. The van der Waals surface area contributed by atoms with Crippen LogP contribution in [0.1, 0.15) is 17.0 Å². The van der Waals surface area contributed by atoms with Crippen molar-refractivity contribution in [2.75, 3.05) is 19.7 Å². The Bertz CT molecular complexity index is 438. The van der Waals surface area contributed by atoms with E-state index in [1.807, 2.05) is 0 Å². The summed E-state index contributed by atoms with van der Waals surface area (Å²) in [7, 11) is 0. The van der Waals surface area contributed by atoms with Crippen molar-refractivity contribution in [1.82, 2.24) is 5.32 Å². The van der Waals surface area contributed by atoms with E-state index < -0.39 is 17.6 Å². The van der Waals surface area contributed by atoms with Crippen LogP contribution in [0.2, 0.25) is 0 Å². The molecule has 0 aromatic heterocycles. The summed E-state index contributed by atoms with van der Waals surface area (Å²) in [6.45, 7) is 0.896. The van der Waals surface area contributed by atoms with Crippen LogP contribution in [0.25, 0.3) is 0 Å². The number of aliphatic hydroxyl groups excluding tert-OH is 1. The van der Waals surface area contributed by atoms with Crippen LogP contribution in [0.15, 0.2) is 18.2 Å². The lowest BCUT2D eigenvalue weighted by Crippen LogP contribution is -2.16. The standard InChI is InChI=1S/C12H13F4NO.ClH/c13-11-3-8(12(14,15)16)1-2-9(11)10-5-17-4-7(10)6-18;/h1-3,7,10,17-18H,4-6H2;1H/t7-,10+;/m0./s1. The largest absolute Gasteiger partial charge is 0.416 e. The van der Waals surface area contributed by atoms with Gasteiger partial charge in [-0.25, -0.2) is 4.39 Å². The first-order valence-corrected chi connectivity index (χ1v) is 5.61. The summed E-state index contributed by atoms with van der Waals surface area (Å²) < 4.78 is 50.9. The molecule has 0 saturated carbocycles. The molecule has 7 heteroatoms. The fraction of sp³-hybridized carbons (Fsp3) is 0.500. The average molecular weight is 300 g/mol. The Morgan fingerprint density at radius 1 is 1.26 bits per heavy atom. The summed E-state index contributed by atoms with van der Waals surface area (Å²) in [5.74, 6) is -1.30. The predicted molar refractivity (Wildman–Crippen MR) is 64.8 cm³/mol. The van der Waals surface area contributed by atoms with Gasteiger partial charge in [-0.15, -0.1) is 12.4 Å². The summed E-state index contributed by atoms with van der Waals surface area (Å²) in [6.07, 6.45) is -4.54. The van der Waals surface area contributed by atoms with E-state index in [0.29, 0.717) is 19.2 Å². The fourth-order valence-electron chi connectivity index (χ4n) is 2.29. The lowest BCUT2D eigenvalue weighted by atomic mass is 9.88. The molecule has 1 fully saturated rings. The van der Waals surface area contributed by atoms with Crippen LogP contribution in [-0.4, -0.2) is 24.8 Å². The molecule has 0 bridgehead atoms. The lowest BCUT2D eigenvalue weighted by Gasteiger charge is -2.18. The highest BCUT2D eigenvalue weighted by Crippen LogP contribution is 2.34. The van der Waals surface area contributed by atoms with Crippen LogP contribution in [0, 0.1) is 11.7 Å². The normalized spacial score (nSPS) is 23.2. The van der Waals surface area contributed by atoms with Gasteiger partial charge in [0.2, 0.25) is 0 Å². The van der Waals surface area contributed by atoms with Crippen LogP contribution in [-0.2, 0) is 6.18 Å². The first-order chi connectivity index (χ1) is 8.43. The predicted octanol–water partition coefficient (Wildman–Crippen LogP) is 2.56. The number of hydrogen-bond donors (Lipinski definition) is 2. The second kappa shape index (κ2) is 6.07. The maximum absolute atomic E-state index is 13.7. The maximum atomic E-state index is 13.7. The molecular weight excluding hydrogens is 286 g/mol. The highest BCUT2D eigenvalue weighted by Gasteiger charge is 2.34. The molecule has 19 heavy (non-hydrogen) atoms. The Hall–Kier alpha value is -0.850. The van der Waals surface area contributed by atoms with Crippen LogP contribution < -0.4 is 5.32 Å². The minimum Gasteiger partial charge on any atom is -0.396 e. The van der Waals surface area contributed by atoms with Gasteiger partial charge in [0.15, 0.2) is 0 Å². The molecule has 108 valence electrons. The van der Waals surface area contributed by atoms with E-state index in [0.717, 1.165) is 6.07 Å². The first-order valence-electron chi connectivity index (χ1n) is 5.61. The fourth-order valence-corrected chi connectivity index (χ4v) is 2.29. The van der Waals surface area contributed by atoms with E-state index in [-0.39, 0.29) is 36.4 Å². The van der Waals surface area contributed by atoms with Gasteiger partial charge < -0.3 is 10.4 Å². The average Bonchev–Trinajstić information content (AvgIpc) is 2.75. The molecule has 1 aromatic carbocycles. The summed E-state index contributed by atoms with van der Waals surface area (Å²) >= 11 is 0. The van der Waals surface area contributed by atoms with Crippen molar-refractivity contribution in [2.24, 2.45) is 5.92 Å². The van der Waals surface area contributed by atoms with Gasteiger partial charge in [-0.2, -0.15) is 13.2 Å². The zero-order chi connectivity index (χ0) is 13.3. The second-order valence-corrected chi connectivity index (χ2v) is 4.44. The van der Waals surface area contributed by atoms with Crippen molar-refractivity contribution in [3.05, 3.63) is 35.1 Å². The summed E-state index contributed by atoms with van der Waals surface area (Å²) in [5, 5.41) is 12.1. The zero-order valence-corrected chi connectivity index (χ0v) is 10.7. The molecule has 2 nitrogen and oxygen atoms in total. The van der Waals surface area contributed by atoms with Crippen LogP contribution in [0.5, 0.6) is 0 Å². The Kier molecular flexibility index (Phi) is 5.18. The van der Waals surface area contributed by atoms with Gasteiger partial charge in [0, 0.05) is 31.5 Å². The van der Waals surface area contributed by atoms with E-state index in [1.54, 1.807) is 0 Å². The lowest BCUT2D eigenvalue weighted by molar-refractivity contribution is -0.137. The Morgan fingerprint density at radius 2 is 1.95 bits per heavy atom. The van der Waals surface area contributed by atoms with Crippen LogP contribution >= 0.6 is 12.4 Å². The molecule has 1 saturated heterocycles. The Balaban J connectivity index is 0.00000180. The second-order valence-electron chi connectivity index (χ2n) is 4.44. The van der Waals surface area contributed by atoms with Gasteiger partial charge >= 0.3 is 6.18 Å². The van der Waals surface area contributed by atoms with E-state index in [9.17, 15) is 17.6 Å². The molecule has 0 radical (unpaired) electrons. The summed E-state index contributed by atoms with van der Waals surface area (Å²) in [6, 6.07) is 2.56. The minimum atomic E-state index is -4.54. The van der Waals surface area contributed by atoms with Crippen molar-refractivity contribution < 1.29 is 22.7 Å². The molecule has 0 spiro atoms. The highest BCUT2D eigenvalue weighted by molar-refractivity contribution is 5.85. The van der Waals surface area contributed by atoms with E-state index >= 15 is 0 Å². The SMILES string of the molecule is Cl.OC[C@@H]1CNC[C@H]1c1ccc(C(F)(F)F)cc1F. The van der Waals surface area contributed by atoms with Gasteiger partial charge in [0.1, 0.15) is 5.82 Å². The van der Waals surface area contributed by atoms with Crippen LogP contribution in [0.3, 0.4) is 0 Å². The van der Waals surface area contributed by atoms with Crippen molar-refractivity contribution >= 4 is 12.4 Å². The molecule has 1 aromatic rings.